The van der Waals surface area contributed by atoms with Crippen molar-refractivity contribution in [2.24, 2.45) is 0 Å². The van der Waals surface area contributed by atoms with Gasteiger partial charge in [0.15, 0.2) is 0 Å². The van der Waals surface area contributed by atoms with Crippen LogP contribution < -0.4 is 0 Å². The Morgan fingerprint density at radius 3 is 2.75 bits per heavy atom. The summed E-state index contributed by atoms with van der Waals surface area (Å²) in [5, 5.41) is 9.93. The molecule has 0 saturated carbocycles. The van der Waals surface area contributed by atoms with Gasteiger partial charge >= 0.3 is 0 Å². The first-order chi connectivity index (χ1) is 9.58. The second-order valence-corrected chi connectivity index (χ2v) is 5.34. The van der Waals surface area contributed by atoms with Gasteiger partial charge in [-0.2, -0.15) is 5.26 Å². The van der Waals surface area contributed by atoms with Gasteiger partial charge in [0.05, 0.1) is 22.3 Å². The average Bonchev–Trinajstić information content (AvgIpc) is 2.43. The summed E-state index contributed by atoms with van der Waals surface area (Å²) in [5.41, 5.74) is 2.48. The van der Waals surface area contributed by atoms with Crippen molar-refractivity contribution in [3.05, 3.63) is 63.4 Å². The maximum Gasteiger partial charge on any atom is 0.129 e. The van der Waals surface area contributed by atoms with Crippen LogP contribution in [0.2, 0.25) is 10.2 Å². The van der Waals surface area contributed by atoms with Gasteiger partial charge in [-0.3, -0.25) is 4.90 Å². The highest BCUT2D eigenvalue weighted by Gasteiger charge is 2.08. The van der Waals surface area contributed by atoms with Crippen LogP contribution in [0.25, 0.3) is 0 Å². The summed E-state index contributed by atoms with van der Waals surface area (Å²) in [4.78, 5) is 6.30. The summed E-state index contributed by atoms with van der Waals surface area (Å²) < 4.78 is 0. The molecule has 3 nitrogen and oxygen atoms in total. The molecule has 0 spiro atoms. The standard InChI is InChI=1S/C15H13Cl2N3/c1-20(9-12-4-2-3-11(7-12)8-18)10-14-13(16)5-6-15(17)19-14/h2-7H,9-10H2,1H3. The topological polar surface area (TPSA) is 39.9 Å². The molecule has 2 aromatic rings. The quantitative estimate of drug-likeness (QED) is 0.805. The summed E-state index contributed by atoms with van der Waals surface area (Å²) in [6.45, 7) is 1.30. The van der Waals surface area contributed by atoms with Crippen LogP contribution in [0, 0.1) is 11.3 Å². The van der Waals surface area contributed by atoms with Crippen molar-refractivity contribution in [1.82, 2.24) is 9.88 Å². The lowest BCUT2D eigenvalue weighted by molar-refractivity contribution is 0.315. The Balaban J connectivity index is 2.07. The van der Waals surface area contributed by atoms with Gasteiger partial charge in [0.2, 0.25) is 0 Å². The maximum atomic E-state index is 8.89. The monoisotopic (exact) mass is 305 g/mol. The Bertz CT molecular complexity index is 650. The van der Waals surface area contributed by atoms with Gasteiger partial charge in [0, 0.05) is 13.1 Å². The molecule has 0 aliphatic heterocycles. The third-order valence-electron chi connectivity index (χ3n) is 2.81. The van der Waals surface area contributed by atoms with E-state index in [-0.39, 0.29) is 0 Å². The van der Waals surface area contributed by atoms with Gasteiger partial charge in [0.1, 0.15) is 5.15 Å². The summed E-state index contributed by atoms with van der Waals surface area (Å²) in [6.07, 6.45) is 0. The van der Waals surface area contributed by atoms with Crippen molar-refractivity contribution < 1.29 is 0 Å². The number of nitrogens with zero attached hydrogens (tertiary/aromatic N) is 3. The van der Waals surface area contributed by atoms with Crippen LogP contribution in [-0.2, 0) is 13.1 Å². The normalized spacial score (nSPS) is 10.6. The zero-order chi connectivity index (χ0) is 14.5. The maximum absolute atomic E-state index is 8.89. The number of rotatable bonds is 4. The van der Waals surface area contributed by atoms with E-state index in [4.69, 9.17) is 28.5 Å². The summed E-state index contributed by atoms with van der Waals surface area (Å²) in [7, 11) is 1.97. The van der Waals surface area contributed by atoms with Crippen LogP contribution in [0.3, 0.4) is 0 Å². The molecule has 5 heteroatoms. The van der Waals surface area contributed by atoms with Gasteiger partial charge in [0.25, 0.3) is 0 Å². The first kappa shape index (κ1) is 14.8. The largest absolute Gasteiger partial charge is 0.296 e. The molecule has 0 atom stereocenters. The Kier molecular flexibility index (Phi) is 4.97. The van der Waals surface area contributed by atoms with Crippen LogP contribution >= 0.6 is 23.2 Å². The number of nitriles is 1. The molecule has 0 radical (unpaired) electrons. The van der Waals surface area contributed by atoms with Gasteiger partial charge in [-0.25, -0.2) is 4.98 Å². The predicted molar refractivity (Wildman–Crippen MR) is 80.6 cm³/mol. The molecule has 0 fully saturated rings. The Morgan fingerprint density at radius 2 is 2.00 bits per heavy atom. The van der Waals surface area contributed by atoms with E-state index in [2.05, 4.69) is 16.0 Å². The molecule has 0 bridgehead atoms. The van der Waals surface area contributed by atoms with E-state index in [1.54, 1.807) is 18.2 Å². The first-order valence-electron chi connectivity index (χ1n) is 6.07. The Morgan fingerprint density at radius 1 is 1.20 bits per heavy atom. The highest BCUT2D eigenvalue weighted by atomic mass is 35.5. The molecular weight excluding hydrogens is 293 g/mol. The van der Waals surface area contributed by atoms with E-state index in [1.807, 2.05) is 25.2 Å². The van der Waals surface area contributed by atoms with E-state index in [0.29, 0.717) is 28.8 Å². The summed E-state index contributed by atoms with van der Waals surface area (Å²) in [6, 6.07) is 13.1. The second-order valence-electron chi connectivity index (χ2n) is 4.55. The molecule has 1 aromatic heterocycles. The summed E-state index contributed by atoms with van der Waals surface area (Å²) >= 11 is 12.0. The first-order valence-corrected chi connectivity index (χ1v) is 6.82. The number of benzene rings is 1. The van der Waals surface area contributed by atoms with E-state index in [9.17, 15) is 0 Å². The van der Waals surface area contributed by atoms with Crippen molar-refractivity contribution in [1.29, 1.82) is 5.26 Å². The zero-order valence-corrected chi connectivity index (χ0v) is 12.5. The third kappa shape index (κ3) is 3.94. The minimum Gasteiger partial charge on any atom is -0.296 e. The molecule has 0 N–H and O–H groups in total. The molecule has 2 rings (SSSR count). The zero-order valence-electron chi connectivity index (χ0n) is 11.0. The van der Waals surface area contributed by atoms with E-state index < -0.39 is 0 Å². The lowest BCUT2D eigenvalue weighted by atomic mass is 10.1. The highest BCUT2D eigenvalue weighted by molar-refractivity contribution is 6.32. The molecule has 0 aliphatic rings. The number of halogens is 2. The lowest BCUT2D eigenvalue weighted by Gasteiger charge is -2.17. The predicted octanol–water partition coefficient (Wildman–Crippen LogP) is 3.89. The van der Waals surface area contributed by atoms with E-state index in [0.717, 1.165) is 11.3 Å². The molecule has 0 aliphatic carbocycles. The smallest absolute Gasteiger partial charge is 0.129 e. The molecular formula is C15H13Cl2N3. The fourth-order valence-corrected chi connectivity index (χ4v) is 2.26. The van der Waals surface area contributed by atoms with Gasteiger partial charge in [-0.1, -0.05) is 35.3 Å². The van der Waals surface area contributed by atoms with Crippen LogP contribution in [-0.4, -0.2) is 16.9 Å². The number of pyridine rings is 1. The number of hydrogen-bond donors (Lipinski definition) is 0. The van der Waals surface area contributed by atoms with Crippen LogP contribution in [0.4, 0.5) is 0 Å². The van der Waals surface area contributed by atoms with Crippen molar-refractivity contribution >= 4 is 23.2 Å². The molecule has 20 heavy (non-hydrogen) atoms. The van der Waals surface area contributed by atoms with Crippen molar-refractivity contribution in [3.8, 4) is 6.07 Å². The molecule has 1 aromatic carbocycles. The molecule has 0 unspecified atom stereocenters. The molecule has 0 amide bonds. The van der Waals surface area contributed by atoms with E-state index in [1.165, 1.54) is 0 Å². The third-order valence-corrected chi connectivity index (χ3v) is 3.37. The van der Waals surface area contributed by atoms with Crippen molar-refractivity contribution in [2.45, 2.75) is 13.1 Å². The van der Waals surface area contributed by atoms with Crippen LogP contribution in [0.15, 0.2) is 36.4 Å². The summed E-state index contributed by atoms with van der Waals surface area (Å²) in [5.74, 6) is 0. The van der Waals surface area contributed by atoms with Crippen LogP contribution in [0.5, 0.6) is 0 Å². The van der Waals surface area contributed by atoms with Gasteiger partial charge < -0.3 is 0 Å². The number of aromatic nitrogens is 1. The Labute approximate surface area is 128 Å². The molecule has 102 valence electrons. The van der Waals surface area contributed by atoms with E-state index >= 15 is 0 Å². The minimum atomic E-state index is 0.435. The fraction of sp³-hybridized carbons (Fsp3) is 0.200. The number of hydrogen-bond acceptors (Lipinski definition) is 3. The SMILES string of the molecule is CN(Cc1cccc(C#N)c1)Cc1nc(Cl)ccc1Cl. The van der Waals surface area contributed by atoms with Gasteiger partial charge in [-0.15, -0.1) is 0 Å². The lowest BCUT2D eigenvalue weighted by Crippen LogP contribution is -2.18. The Hall–Kier alpha value is -1.60. The average molecular weight is 306 g/mol. The minimum absolute atomic E-state index is 0.435. The molecule has 1 heterocycles. The second kappa shape index (κ2) is 6.71. The van der Waals surface area contributed by atoms with Crippen LogP contribution in [0.1, 0.15) is 16.8 Å². The van der Waals surface area contributed by atoms with Crippen molar-refractivity contribution in [2.75, 3.05) is 7.05 Å². The highest BCUT2D eigenvalue weighted by Crippen LogP contribution is 2.19. The fourth-order valence-electron chi connectivity index (χ4n) is 1.93. The van der Waals surface area contributed by atoms with Gasteiger partial charge in [-0.05, 0) is 36.9 Å². The van der Waals surface area contributed by atoms with Crippen molar-refractivity contribution in [3.63, 3.8) is 0 Å². The molecule has 0 saturated heterocycles.